The second-order valence-corrected chi connectivity index (χ2v) is 14.5. The summed E-state index contributed by atoms with van der Waals surface area (Å²) in [5.41, 5.74) is 3.83. The maximum atomic E-state index is 12.9. The van der Waals surface area contributed by atoms with Crippen LogP contribution >= 0.6 is 21.6 Å². The van der Waals surface area contributed by atoms with Crippen LogP contribution in [0.3, 0.4) is 0 Å². The van der Waals surface area contributed by atoms with Crippen LogP contribution in [-0.4, -0.2) is 53.8 Å². The highest BCUT2D eigenvalue weighted by molar-refractivity contribution is 8.77. The predicted octanol–water partition coefficient (Wildman–Crippen LogP) is 4.54. The van der Waals surface area contributed by atoms with E-state index in [0.717, 1.165) is 61.5 Å². The number of benzene rings is 1. The van der Waals surface area contributed by atoms with Gasteiger partial charge >= 0.3 is 0 Å². The number of rotatable bonds is 4. The topological polar surface area (TPSA) is 105 Å². The summed E-state index contributed by atoms with van der Waals surface area (Å²) >= 11 is 0. The molecule has 0 amide bonds. The number of aromatic nitrogens is 1. The molecule has 4 N–H and O–H groups in total. The summed E-state index contributed by atoms with van der Waals surface area (Å²) in [7, 11) is 5.37. The average Bonchev–Trinajstić information content (AvgIpc) is 3.51. The van der Waals surface area contributed by atoms with Crippen molar-refractivity contribution in [2.24, 2.45) is 5.92 Å². The molecule has 1 aliphatic carbocycles. The summed E-state index contributed by atoms with van der Waals surface area (Å²) in [6.45, 7) is 4.82. The fraction of sp³-hybridized carbons (Fsp3) is 0.424. The van der Waals surface area contributed by atoms with Crippen LogP contribution in [0.15, 0.2) is 55.0 Å². The van der Waals surface area contributed by atoms with Crippen LogP contribution in [0.1, 0.15) is 67.2 Å². The Morgan fingerprint density at radius 1 is 1.21 bits per heavy atom. The van der Waals surface area contributed by atoms with Gasteiger partial charge in [-0.15, -0.1) is 0 Å². The van der Waals surface area contributed by atoms with Gasteiger partial charge in [0.1, 0.15) is 29.1 Å². The van der Waals surface area contributed by atoms with Crippen LogP contribution in [0.25, 0.3) is 6.08 Å². The smallest absolute Gasteiger partial charge is 0.163 e. The number of phenols is 1. The number of quaternary nitrogens is 1. The van der Waals surface area contributed by atoms with Gasteiger partial charge in [0.25, 0.3) is 0 Å². The lowest BCUT2D eigenvalue weighted by atomic mass is 9.83. The van der Waals surface area contributed by atoms with Gasteiger partial charge in [-0.05, 0) is 59.7 Å². The molecule has 0 fully saturated rings. The first-order chi connectivity index (χ1) is 20.9. The Morgan fingerprint density at radius 3 is 2.88 bits per heavy atom. The number of fused-ring (bicyclic) bond motifs is 6. The molecule has 0 saturated carbocycles. The number of allylic oxidation sites excluding steroid dienone is 2. The van der Waals surface area contributed by atoms with Crippen LogP contribution in [0.4, 0.5) is 5.82 Å². The molecular weight excluding hydrogens is 581 g/mol. The highest BCUT2D eigenvalue weighted by Gasteiger charge is 2.44. The number of carbonyl (C=O) groups is 2. The minimum absolute atomic E-state index is 0.0227. The Morgan fingerprint density at radius 2 is 2.09 bits per heavy atom. The third-order valence-electron chi connectivity index (χ3n) is 8.99. The third kappa shape index (κ3) is 6.23. The summed E-state index contributed by atoms with van der Waals surface area (Å²) in [5.74, 6) is 1.09. The maximum Gasteiger partial charge on any atom is 0.163 e. The number of ether oxygens (including phenoxy) is 1. The van der Waals surface area contributed by atoms with E-state index in [2.05, 4.69) is 42.0 Å². The first-order valence-corrected chi connectivity index (χ1v) is 17.3. The van der Waals surface area contributed by atoms with E-state index in [1.807, 2.05) is 34.0 Å². The number of hydrogen-bond acceptors (Lipinski definition) is 9. The Kier molecular flexibility index (Phi) is 8.88. The average molecular weight is 620 g/mol. The zero-order valence-electron chi connectivity index (χ0n) is 24.6. The Hall–Kier alpha value is -3.21. The Bertz CT molecular complexity index is 1490. The number of ketones is 2. The molecule has 4 heterocycles. The van der Waals surface area contributed by atoms with Crippen molar-refractivity contribution in [3.8, 4) is 11.5 Å². The van der Waals surface area contributed by atoms with E-state index in [4.69, 9.17) is 9.72 Å². The zero-order chi connectivity index (χ0) is 30.0. The van der Waals surface area contributed by atoms with Crippen molar-refractivity contribution in [3.63, 3.8) is 0 Å². The summed E-state index contributed by atoms with van der Waals surface area (Å²) in [5, 5.41) is 18.0. The number of methoxy groups -OCH3 is 1. The van der Waals surface area contributed by atoms with E-state index in [1.54, 1.807) is 18.2 Å². The van der Waals surface area contributed by atoms with Crippen LogP contribution in [-0.2, 0) is 14.3 Å². The first kappa shape index (κ1) is 29.8. The van der Waals surface area contributed by atoms with Gasteiger partial charge in [-0.1, -0.05) is 53.2 Å². The summed E-state index contributed by atoms with van der Waals surface area (Å²) in [6, 6.07) is 5.80. The molecule has 0 spiro atoms. The second kappa shape index (κ2) is 12.8. The summed E-state index contributed by atoms with van der Waals surface area (Å²) < 4.78 is 5.27. The van der Waals surface area contributed by atoms with Gasteiger partial charge in [0.2, 0.25) is 0 Å². The van der Waals surface area contributed by atoms with Crippen molar-refractivity contribution in [1.82, 2.24) is 10.3 Å². The largest absolute Gasteiger partial charge is 0.504 e. The van der Waals surface area contributed by atoms with Crippen molar-refractivity contribution in [2.75, 3.05) is 32.2 Å². The van der Waals surface area contributed by atoms with Gasteiger partial charge < -0.3 is 20.5 Å². The van der Waals surface area contributed by atoms with E-state index in [9.17, 15) is 14.7 Å². The molecular formula is C33H39N4O4S2+. The molecule has 1 aromatic carbocycles. The first-order valence-electron chi connectivity index (χ1n) is 15.0. The van der Waals surface area contributed by atoms with Gasteiger partial charge in [-0.25, -0.2) is 4.98 Å². The second-order valence-electron chi connectivity index (χ2n) is 11.8. The molecule has 6 rings (SSSR count). The summed E-state index contributed by atoms with van der Waals surface area (Å²) in [6.07, 6.45) is 16.9. The number of aromatic hydroxyl groups is 1. The van der Waals surface area contributed by atoms with Crippen LogP contribution < -0.4 is 20.3 Å². The number of nitrogens with one attached hydrogen (secondary N) is 3. The number of pyridine rings is 1. The van der Waals surface area contributed by atoms with Crippen molar-refractivity contribution in [1.29, 1.82) is 0 Å². The fourth-order valence-corrected chi connectivity index (χ4v) is 10.4. The monoisotopic (exact) mass is 619 g/mol. The molecule has 226 valence electrons. The molecule has 1 aromatic heterocycles. The van der Waals surface area contributed by atoms with E-state index in [0.29, 0.717) is 12.2 Å². The minimum atomic E-state index is -0.224. The summed E-state index contributed by atoms with van der Waals surface area (Å²) in [4.78, 5) is 32.0. The molecule has 4 aliphatic rings. The minimum Gasteiger partial charge on any atom is -0.504 e. The van der Waals surface area contributed by atoms with Crippen LogP contribution in [0.2, 0.25) is 0 Å². The van der Waals surface area contributed by atoms with E-state index in [1.165, 1.54) is 23.6 Å². The van der Waals surface area contributed by atoms with Gasteiger partial charge in [0.15, 0.2) is 24.0 Å². The number of carbonyl (C=O) groups excluding carboxylic acids is 2. The van der Waals surface area contributed by atoms with Crippen molar-refractivity contribution >= 4 is 45.0 Å². The normalized spacial score (nSPS) is 30.0. The molecule has 43 heavy (non-hydrogen) atoms. The van der Waals surface area contributed by atoms with E-state index < -0.39 is 0 Å². The predicted molar refractivity (Wildman–Crippen MR) is 173 cm³/mol. The van der Waals surface area contributed by atoms with Crippen molar-refractivity contribution < 1.29 is 24.3 Å². The lowest BCUT2D eigenvalue weighted by Gasteiger charge is -2.40. The van der Waals surface area contributed by atoms with Crippen molar-refractivity contribution in [3.05, 3.63) is 77.3 Å². The number of Topliss-reactive ketones (excluding diaryl/α,β-unsaturated/α-hetero) is 1. The van der Waals surface area contributed by atoms with Crippen LogP contribution in [0, 0.1) is 5.92 Å². The standard InChI is InChI=1S/C33H38N4O4S2/c1-3-21-4-6-24(38)16-25(39)7-5-22-15-30(41-2)29(40)17-27(22)26-8-9-31(21)42-43-33(19-37-13-12-34-20-37)10-11-35-32-28(33)14-23(26)18-36-32/h5,7-9,12-15,17-18,21,26,31,34,40H,3-4,6,10-11,16,19-20H2,1-2H3,(H,35,36)/p+1/b7-5+,9-8-/t21-,26+,31+,33+/m0/s1. The van der Waals surface area contributed by atoms with Gasteiger partial charge in [-0.2, -0.15) is 0 Å². The molecule has 0 radical (unpaired) electrons. The Labute approximate surface area is 260 Å². The molecule has 1 unspecified atom stereocenters. The highest BCUT2D eigenvalue weighted by Crippen LogP contribution is 2.54. The molecule has 5 atom stereocenters. The molecule has 10 heteroatoms. The number of nitrogens with zero attached hydrogens (tertiary/aromatic N) is 1. The van der Waals surface area contributed by atoms with E-state index >= 15 is 0 Å². The maximum absolute atomic E-state index is 12.9. The molecule has 8 nitrogen and oxygen atoms in total. The number of phenolic OH excluding ortho intramolecular Hbond substituents is 1. The SMILES string of the molecule is CC[C@H]1CCC(=O)CC(=O)/C=C/c2cc(OC)c(O)cc2[C@@H]2/C=C\[C@H]1SS[C@@]1(C[NH+]3C=CNC3)CCNc3ncc2cc31. The third-order valence-corrected chi connectivity index (χ3v) is 12.7. The Balaban J connectivity index is 1.56. The van der Waals surface area contributed by atoms with Crippen LogP contribution in [0.5, 0.6) is 11.5 Å². The van der Waals surface area contributed by atoms with Gasteiger partial charge in [0.05, 0.1) is 19.7 Å². The highest BCUT2D eigenvalue weighted by atomic mass is 33.1. The zero-order valence-corrected chi connectivity index (χ0v) is 26.2. The van der Waals surface area contributed by atoms with Gasteiger partial charge in [-0.3, -0.25) is 14.5 Å². The number of hydrogen-bond donors (Lipinski definition) is 4. The van der Waals surface area contributed by atoms with E-state index in [-0.39, 0.29) is 45.6 Å². The fourth-order valence-electron chi connectivity index (χ4n) is 6.55. The quantitative estimate of drug-likeness (QED) is 0.223. The lowest BCUT2D eigenvalue weighted by Crippen LogP contribution is -3.09. The molecule has 0 saturated heterocycles. The lowest BCUT2D eigenvalue weighted by molar-refractivity contribution is -0.845. The van der Waals surface area contributed by atoms with Crippen molar-refractivity contribution in [2.45, 2.75) is 54.9 Å². The molecule has 4 bridgehead atoms. The molecule has 3 aliphatic heterocycles. The van der Waals surface area contributed by atoms with Gasteiger partial charge in [0, 0.05) is 35.9 Å². The molecule has 2 aromatic rings. The number of anilines is 1.